The lowest BCUT2D eigenvalue weighted by atomic mass is 9.89. The van der Waals surface area contributed by atoms with Gasteiger partial charge in [-0.1, -0.05) is 26.7 Å². The third-order valence-electron chi connectivity index (χ3n) is 4.22. The molecule has 1 aliphatic carbocycles. The molecule has 1 saturated heterocycles. The lowest BCUT2D eigenvalue weighted by Crippen LogP contribution is -2.52. The number of carbonyl (C=O) groups is 2. The van der Waals surface area contributed by atoms with Crippen LogP contribution in [-0.4, -0.2) is 35.8 Å². The van der Waals surface area contributed by atoms with E-state index in [0.29, 0.717) is 12.5 Å². The molecular formula is C15H26N2O2. The molecule has 2 amide bonds. The van der Waals surface area contributed by atoms with Gasteiger partial charge in [-0.3, -0.25) is 9.59 Å². The van der Waals surface area contributed by atoms with Gasteiger partial charge in [-0.25, -0.2) is 0 Å². The van der Waals surface area contributed by atoms with E-state index in [4.69, 9.17) is 0 Å². The van der Waals surface area contributed by atoms with Crippen LogP contribution in [0.15, 0.2) is 0 Å². The van der Waals surface area contributed by atoms with Gasteiger partial charge >= 0.3 is 0 Å². The second kappa shape index (κ2) is 5.93. The SMILES string of the molecule is CC(=O)N1CC(CC2CC2)CC(NC(=O)C(C)C)C1. The Labute approximate surface area is 115 Å². The summed E-state index contributed by atoms with van der Waals surface area (Å²) < 4.78 is 0. The van der Waals surface area contributed by atoms with Crippen LogP contribution in [0, 0.1) is 17.8 Å². The standard InChI is InChI=1S/C15H26N2O2/c1-10(2)15(19)16-14-7-13(6-12-4-5-12)8-17(9-14)11(3)18/h10,12-14H,4-9H2,1-3H3,(H,16,19). The summed E-state index contributed by atoms with van der Waals surface area (Å²) in [6.07, 6.45) is 4.94. The number of nitrogens with zero attached hydrogens (tertiary/aromatic N) is 1. The summed E-state index contributed by atoms with van der Waals surface area (Å²) in [4.78, 5) is 25.3. The molecule has 4 nitrogen and oxygen atoms in total. The van der Waals surface area contributed by atoms with Gasteiger partial charge in [0.25, 0.3) is 0 Å². The van der Waals surface area contributed by atoms with Gasteiger partial charge in [-0.15, -0.1) is 0 Å². The number of carbonyl (C=O) groups excluding carboxylic acids is 2. The van der Waals surface area contributed by atoms with E-state index in [0.717, 1.165) is 18.9 Å². The van der Waals surface area contributed by atoms with Crippen LogP contribution in [0.4, 0.5) is 0 Å². The van der Waals surface area contributed by atoms with Crippen LogP contribution in [-0.2, 0) is 9.59 Å². The summed E-state index contributed by atoms with van der Waals surface area (Å²) in [6.45, 7) is 6.99. The summed E-state index contributed by atoms with van der Waals surface area (Å²) in [6, 6.07) is 0.135. The van der Waals surface area contributed by atoms with Gasteiger partial charge in [0, 0.05) is 32.0 Å². The molecule has 2 atom stereocenters. The number of piperidine rings is 1. The van der Waals surface area contributed by atoms with Gasteiger partial charge in [-0.2, -0.15) is 0 Å². The van der Waals surface area contributed by atoms with Crippen LogP contribution in [0.25, 0.3) is 0 Å². The van der Waals surface area contributed by atoms with Crippen molar-refractivity contribution in [1.82, 2.24) is 10.2 Å². The molecule has 2 unspecified atom stereocenters. The summed E-state index contributed by atoms with van der Waals surface area (Å²) in [7, 11) is 0. The van der Waals surface area contributed by atoms with E-state index in [9.17, 15) is 9.59 Å². The number of hydrogen-bond donors (Lipinski definition) is 1. The Morgan fingerprint density at radius 1 is 1.21 bits per heavy atom. The van der Waals surface area contributed by atoms with E-state index in [1.165, 1.54) is 19.3 Å². The molecule has 0 aromatic rings. The highest BCUT2D eigenvalue weighted by Crippen LogP contribution is 2.37. The van der Waals surface area contributed by atoms with Gasteiger partial charge in [0.1, 0.15) is 0 Å². The highest BCUT2D eigenvalue weighted by atomic mass is 16.2. The van der Waals surface area contributed by atoms with Gasteiger partial charge in [-0.05, 0) is 24.7 Å². The van der Waals surface area contributed by atoms with Crippen molar-refractivity contribution in [3.63, 3.8) is 0 Å². The van der Waals surface area contributed by atoms with Crippen LogP contribution in [0.5, 0.6) is 0 Å². The molecule has 0 aromatic heterocycles. The second-order valence-corrected chi connectivity index (χ2v) is 6.57. The average molecular weight is 266 g/mol. The highest BCUT2D eigenvalue weighted by molar-refractivity contribution is 5.78. The molecule has 4 heteroatoms. The fourth-order valence-corrected chi connectivity index (χ4v) is 2.93. The first-order chi connectivity index (χ1) is 8.95. The zero-order chi connectivity index (χ0) is 14.0. The quantitative estimate of drug-likeness (QED) is 0.843. The first kappa shape index (κ1) is 14.4. The average Bonchev–Trinajstić information content (AvgIpc) is 3.12. The first-order valence-corrected chi connectivity index (χ1v) is 7.51. The molecule has 0 radical (unpaired) electrons. The Morgan fingerprint density at radius 3 is 2.42 bits per heavy atom. The predicted molar refractivity (Wildman–Crippen MR) is 74.5 cm³/mol. The molecule has 2 aliphatic rings. The van der Waals surface area contributed by atoms with Crippen molar-refractivity contribution in [3.05, 3.63) is 0 Å². The van der Waals surface area contributed by atoms with Crippen molar-refractivity contribution in [2.24, 2.45) is 17.8 Å². The number of hydrogen-bond acceptors (Lipinski definition) is 2. The fraction of sp³-hybridized carbons (Fsp3) is 0.867. The van der Waals surface area contributed by atoms with E-state index in [1.807, 2.05) is 18.7 Å². The maximum atomic E-state index is 11.8. The van der Waals surface area contributed by atoms with E-state index in [2.05, 4.69) is 5.32 Å². The molecule has 108 valence electrons. The van der Waals surface area contributed by atoms with Gasteiger partial charge in [0.15, 0.2) is 0 Å². The molecular weight excluding hydrogens is 240 g/mol. The predicted octanol–water partition coefficient (Wildman–Crippen LogP) is 1.80. The minimum absolute atomic E-state index is 0.00888. The molecule has 2 fully saturated rings. The minimum Gasteiger partial charge on any atom is -0.351 e. The Morgan fingerprint density at radius 2 is 1.89 bits per heavy atom. The van der Waals surface area contributed by atoms with Crippen molar-refractivity contribution < 1.29 is 9.59 Å². The lowest BCUT2D eigenvalue weighted by Gasteiger charge is -2.38. The Bertz CT molecular complexity index is 350. The van der Waals surface area contributed by atoms with Crippen LogP contribution < -0.4 is 5.32 Å². The van der Waals surface area contributed by atoms with Gasteiger partial charge < -0.3 is 10.2 Å². The smallest absolute Gasteiger partial charge is 0.222 e. The summed E-state index contributed by atoms with van der Waals surface area (Å²) in [5.41, 5.74) is 0. The van der Waals surface area contributed by atoms with Crippen molar-refractivity contribution in [2.45, 2.75) is 52.5 Å². The zero-order valence-electron chi connectivity index (χ0n) is 12.3. The maximum absolute atomic E-state index is 11.8. The molecule has 1 aliphatic heterocycles. The van der Waals surface area contributed by atoms with Crippen molar-refractivity contribution in [3.8, 4) is 0 Å². The Balaban J connectivity index is 1.92. The number of nitrogens with one attached hydrogen (secondary N) is 1. The summed E-state index contributed by atoms with van der Waals surface area (Å²) in [5, 5.41) is 3.09. The summed E-state index contributed by atoms with van der Waals surface area (Å²) in [5.74, 6) is 1.67. The molecule has 1 saturated carbocycles. The number of amides is 2. The molecule has 1 N–H and O–H groups in total. The van der Waals surface area contributed by atoms with E-state index in [-0.39, 0.29) is 23.8 Å². The molecule has 0 spiro atoms. The highest BCUT2D eigenvalue weighted by Gasteiger charge is 2.33. The topological polar surface area (TPSA) is 49.4 Å². The van der Waals surface area contributed by atoms with Gasteiger partial charge in [0.2, 0.25) is 11.8 Å². The monoisotopic (exact) mass is 266 g/mol. The van der Waals surface area contributed by atoms with Crippen molar-refractivity contribution >= 4 is 11.8 Å². The molecule has 1 heterocycles. The molecule has 0 bridgehead atoms. The van der Waals surface area contributed by atoms with E-state index < -0.39 is 0 Å². The number of likely N-dealkylation sites (tertiary alicyclic amines) is 1. The van der Waals surface area contributed by atoms with E-state index in [1.54, 1.807) is 6.92 Å². The second-order valence-electron chi connectivity index (χ2n) is 6.57. The van der Waals surface area contributed by atoms with Crippen LogP contribution >= 0.6 is 0 Å². The normalized spacial score (nSPS) is 27.5. The minimum atomic E-state index is 0.00888. The van der Waals surface area contributed by atoms with Crippen LogP contribution in [0.3, 0.4) is 0 Å². The molecule has 2 rings (SSSR count). The van der Waals surface area contributed by atoms with E-state index >= 15 is 0 Å². The maximum Gasteiger partial charge on any atom is 0.222 e. The van der Waals surface area contributed by atoms with Crippen LogP contribution in [0.1, 0.15) is 46.5 Å². The molecule has 0 aromatic carbocycles. The van der Waals surface area contributed by atoms with Crippen molar-refractivity contribution in [2.75, 3.05) is 13.1 Å². The Kier molecular flexibility index (Phi) is 4.48. The largest absolute Gasteiger partial charge is 0.351 e. The van der Waals surface area contributed by atoms with Crippen molar-refractivity contribution in [1.29, 1.82) is 0 Å². The lowest BCUT2D eigenvalue weighted by molar-refractivity contribution is -0.133. The fourth-order valence-electron chi connectivity index (χ4n) is 2.93. The zero-order valence-corrected chi connectivity index (χ0v) is 12.3. The number of rotatable bonds is 4. The summed E-state index contributed by atoms with van der Waals surface area (Å²) >= 11 is 0. The third kappa shape index (κ3) is 4.22. The van der Waals surface area contributed by atoms with Crippen LogP contribution in [0.2, 0.25) is 0 Å². The first-order valence-electron chi connectivity index (χ1n) is 7.51. The third-order valence-corrected chi connectivity index (χ3v) is 4.22. The Hall–Kier alpha value is -1.06. The van der Waals surface area contributed by atoms with Gasteiger partial charge in [0.05, 0.1) is 0 Å². The molecule has 19 heavy (non-hydrogen) atoms.